The Morgan fingerprint density at radius 1 is 1.09 bits per heavy atom. The maximum absolute atomic E-state index is 13.8. The number of piperazine rings is 1. The molecule has 9 heteroatoms. The lowest BCUT2D eigenvalue weighted by Gasteiger charge is -2.35. The first-order valence-electron chi connectivity index (χ1n) is 11.6. The molecular weight excluding hydrogens is 440 g/mol. The summed E-state index contributed by atoms with van der Waals surface area (Å²) < 4.78 is 28.9. The predicted molar refractivity (Wildman–Crippen MR) is 123 cm³/mol. The molecule has 1 fully saturated rings. The van der Waals surface area contributed by atoms with Gasteiger partial charge < -0.3 is 15.5 Å². The van der Waals surface area contributed by atoms with Gasteiger partial charge in [-0.2, -0.15) is 5.10 Å². The molecule has 1 aromatic heterocycles. The van der Waals surface area contributed by atoms with E-state index in [0.717, 1.165) is 16.5 Å². The molecule has 0 spiro atoms. The molecule has 1 saturated heterocycles. The molecule has 34 heavy (non-hydrogen) atoms. The number of benzene rings is 2. The van der Waals surface area contributed by atoms with Crippen LogP contribution in [-0.2, 0) is 18.3 Å². The lowest BCUT2D eigenvalue weighted by molar-refractivity contribution is -0.133. The Hall–Kier alpha value is -3.33. The topological polar surface area (TPSA) is 84.5 Å². The van der Waals surface area contributed by atoms with E-state index in [1.54, 1.807) is 21.5 Å². The van der Waals surface area contributed by atoms with Crippen LogP contribution in [0.4, 0.5) is 8.78 Å². The van der Waals surface area contributed by atoms with Gasteiger partial charge in [0, 0.05) is 57.0 Å². The summed E-state index contributed by atoms with van der Waals surface area (Å²) in [6, 6.07) is 9.52. The number of hydrogen-bond acceptors (Lipinski definition) is 4. The number of aryl methyl sites for hydroxylation is 2. The van der Waals surface area contributed by atoms with Crippen molar-refractivity contribution in [1.82, 2.24) is 19.6 Å². The molecule has 2 N–H and O–H groups in total. The first-order chi connectivity index (χ1) is 16.3. The smallest absolute Gasteiger partial charge is 0.272 e. The zero-order valence-electron chi connectivity index (χ0n) is 19.0. The van der Waals surface area contributed by atoms with Crippen LogP contribution in [0.15, 0.2) is 36.4 Å². The molecule has 0 bridgehead atoms. The molecule has 0 saturated carbocycles. The van der Waals surface area contributed by atoms with Crippen LogP contribution >= 0.6 is 0 Å². The van der Waals surface area contributed by atoms with Crippen molar-refractivity contribution in [3.63, 3.8) is 0 Å². The molecule has 3 aromatic rings. The van der Waals surface area contributed by atoms with Gasteiger partial charge in [-0.25, -0.2) is 8.78 Å². The fourth-order valence-electron chi connectivity index (χ4n) is 5.26. The lowest BCUT2D eigenvalue weighted by atomic mass is 9.91. The van der Waals surface area contributed by atoms with Crippen LogP contribution < -0.4 is 5.73 Å². The van der Waals surface area contributed by atoms with Gasteiger partial charge in [0.25, 0.3) is 5.91 Å². The maximum Gasteiger partial charge on any atom is 0.272 e. The van der Waals surface area contributed by atoms with Gasteiger partial charge in [-0.1, -0.05) is 18.2 Å². The molecule has 1 aliphatic heterocycles. The van der Waals surface area contributed by atoms with E-state index in [1.165, 1.54) is 12.1 Å². The number of rotatable bonds is 4. The van der Waals surface area contributed by atoms with Gasteiger partial charge in [0.05, 0.1) is 5.52 Å². The molecule has 2 amide bonds. The van der Waals surface area contributed by atoms with Crippen molar-refractivity contribution in [3.05, 3.63) is 64.9 Å². The van der Waals surface area contributed by atoms with Crippen molar-refractivity contribution in [3.8, 4) is 0 Å². The minimum Gasteiger partial charge on any atom is -0.339 e. The van der Waals surface area contributed by atoms with Crippen molar-refractivity contribution in [2.75, 3.05) is 26.2 Å². The van der Waals surface area contributed by atoms with Crippen molar-refractivity contribution in [2.45, 2.75) is 31.2 Å². The van der Waals surface area contributed by atoms with Gasteiger partial charge in [-0.05, 0) is 42.2 Å². The summed E-state index contributed by atoms with van der Waals surface area (Å²) in [6.07, 6.45) is 1.43. The lowest BCUT2D eigenvalue weighted by Crippen LogP contribution is -2.51. The fraction of sp³-hybridized carbons (Fsp3) is 0.400. The van der Waals surface area contributed by atoms with Gasteiger partial charge in [0.1, 0.15) is 5.69 Å². The zero-order chi connectivity index (χ0) is 24.0. The van der Waals surface area contributed by atoms with Gasteiger partial charge in [-0.3, -0.25) is 14.3 Å². The second kappa shape index (κ2) is 8.79. The molecule has 2 atom stereocenters. The van der Waals surface area contributed by atoms with Crippen molar-refractivity contribution in [2.24, 2.45) is 12.8 Å². The first-order valence-corrected chi connectivity index (χ1v) is 11.6. The summed E-state index contributed by atoms with van der Waals surface area (Å²) in [5, 5.41) is 5.23. The molecule has 2 unspecified atom stereocenters. The average Bonchev–Trinajstić information content (AvgIpc) is 3.38. The van der Waals surface area contributed by atoms with Crippen molar-refractivity contribution >= 4 is 22.7 Å². The molecule has 5 rings (SSSR count). The molecule has 2 aromatic carbocycles. The van der Waals surface area contributed by atoms with Crippen molar-refractivity contribution < 1.29 is 18.4 Å². The molecule has 178 valence electrons. The molecule has 1 aliphatic carbocycles. The van der Waals surface area contributed by atoms with E-state index < -0.39 is 17.7 Å². The largest absolute Gasteiger partial charge is 0.339 e. The Kier molecular flexibility index (Phi) is 5.81. The van der Waals surface area contributed by atoms with Gasteiger partial charge in [0.15, 0.2) is 11.6 Å². The highest BCUT2D eigenvalue weighted by atomic mass is 19.2. The van der Waals surface area contributed by atoms with E-state index in [1.807, 2.05) is 24.3 Å². The summed E-state index contributed by atoms with van der Waals surface area (Å²) >= 11 is 0. The van der Waals surface area contributed by atoms with E-state index in [4.69, 9.17) is 5.73 Å². The molecule has 7 nitrogen and oxygen atoms in total. The number of halogens is 2. The monoisotopic (exact) mass is 467 g/mol. The maximum atomic E-state index is 13.8. The minimum absolute atomic E-state index is 0.0818. The van der Waals surface area contributed by atoms with E-state index in [-0.39, 0.29) is 24.2 Å². The van der Waals surface area contributed by atoms with Crippen molar-refractivity contribution in [1.29, 1.82) is 0 Å². The third kappa shape index (κ3) is 3.94. The van der Waals surface area contributed by atoms with Gasteiger partial charge in [0.2, 0.25) is 5.91 Å². The molecule has 2 heterocycles. The standard InChI is InChI=1S/C25H27F2N5O2/c1-30-24(17-4-2-3-5-22(17)29-30)25(34)32-10-8-31(9-11-32)23(33)14-21(28)16-7-6-15-12-19(26)20(27)13-18(15)16/h2-5,12-13,16,21H,6-11,14,28H2,1H3. The third-order valence-corrected chi connectivity index (χ3v) is 7.10. The highest BCUT2D eigenvalue weighted by molar-refractivity contribution is 6.05. The summed E-state index contributed by atoms with van der Waals surface area (Å²) in [7, 11) is 1.76. The third-order valence-electron chi connectivity index (χ3n) is 7.10. The Morgan fingerprint density at radius 3 is 2.53 bits per heavy atom. The Labute approximate surface area is 196 Å². The predicted octanol–water partition coefficient (Wildman–Crippen LogP) is 2.58. The number of nitrogens with two attached hydrogens (primary N) is 1. The van der Waals surface area contributed by atoms with Crippen LogP contribution in [0.25, 0.3) is 10.9 Å². The quantitative estimate of drug-likeness (QED) is 0.639. The Morgan fingerprint density at radius 2 is 1.76 bits per heavy atom. The van der Waals surface area contributed by atoms with E-state index >= 15 is 0 Å². The molecule has 2 aliphatic rings. The number of carbonyl (C=O) groups excluding carboxylic acids is 2. The van der Waals surface area contributed by atoms with Crippen LogP contribution in [0, 0.1) is 11.6 Å². The van der Waals surface area contributed by atoms with Crippen LogP contribution in [0.3, 0.4) is 0 Å². The number of hydrogen-bond donors (Lipinski definition) is 1. The normalized spacial score (nSPS) is 18.9. The summed E-state index contributed by atoms with van der Waals surface area (Å²) in [5.41, 5.74) is 9.15. The van der Waals surface area contributed by atoms with Crippen LogP contribution in [0.2, 0.25) is 0 Å². The first kappa shape index (κ1) is 22.5. The van der Waals surface area contributed by atoms with E-state index in [9.17, 15) is 18.4 Å². The van der Waals surface area contributed by atoms with Crippen LogP contribution in [0.5, 0.6) is 0 Å². The second-order valence-electron chi connectivity index (χ2n) is 9.14. The SMILES string of the molecule is Cn1nc2ccccc2c1C(=O)N1CCN(C(=O)CC(N)C2CCc3cc(F)c(F)cc32)CC1. The van der Waals surface area contributed by atoms with Gasteiger partial charge >= 0.3 is 0 Å². The summed E-state index contributed by atoms with van der Waals surface area (Å²) in [4.78, 5) is 29.6. The Bertz CT molecular complexity index is 1270. The van der Waals surface area contributed by atoms with E-state index in [2.05, 4.69) is 5.10 Å². The van der Waals surface area contributed by atoms with E-state index in [0.29, 0.717) is 50.3 Å². The molecule has 0 radical (unpaired) electrons. The zero-order valence-corrected chi connectivity index (χ0v) is 19.0. The Balaban J connectivity index is 1.20. The average molecular weight is 468 g/mol. The van der Waals surface area contributed by atoms with Crippen LogP contribution in [0.1, 0.15) is 40.4 Å². The minimum atomic E-state index is -0.883. The number of aromatic nitrogens is 2. The second-order valence-corrected chi connectivity index (χ2v) is 9.14. The fourth-order valence-corrected chi connectivity index (χ4v) is 5.26. The number of carbonyl (C=O) groups is 2. The van der Waals surface area contributed by atoms with Crippen LogP contribution in [-0.4, -0.2) is 63.6 Å². The number of amides is 2. The number of nitrogens with zero attached hydrogens (tertiary/aromatic N) is 4. The number of fused-ring (bicyclic) bond motifs is 2. The summed E-state index contributed by atoms with van der Waals surface area (Å²) in [6.45, 7) is 1.70. The highest BCUT2D eigenvalue weighted by Gasteiger charge is 2.33. The highest BCUT2D eigenvalue weighted by Crippen LogP contribution is 2.37. The molecular formula is C25H27F2N5O2. The summed E-state index contributed by atoms with van der Waals surface area (Å²) in [5.74, 6) is -2.09. The van der Waals surface area contributed by atoms with Gasteiger partial charge in [-0.15, -0.1) is 0 Å².